The Kier molecular flexibility index (Phi) is 4.33. The van der Waals surface area contributed by atoms with Gasteiger partial charge in [0.15, 0.2) is 11.9 Å². The highest BCUT2D eigenvalue weighted by molar-refractivity contribution is 7.89. The first-order chi connectivity index (χ1) is 9.34. The number of alkyl halides is 5. The summed E-state index contributed by atoms with van der Waals surface area (Å²) >= 11 is 0. The number of sulfonamides is 1. The molecule has 0 aliphatic carbocycles. The molecule has 14 heteroatoms. The lowest BCUT2D eigenvalue weighted by atomic mass is 10.2. The summed E-state index contributed by atoms with van der Waals surface area (Å²) in [5.41, 5.74) is -1.61. The molecule has 0 saturated heterocycles. The molecule has 0 atom stereocenters. The van der Waals surface area contributed by atoms with Crippen LogP contribution in [0.5, 0.6) is 5.75 Å². The monoisotopic (exact) mass is 337 g/mol. The van der Waals surface area contributed by atoms with E-state index in [1.165, 1.54) is 0 Å². The molecule has 0 unspecified atom stereocenters. The molecule has 0 amide bonds. The van der Waals surface area contributed by atoms with Crippen molar-refractivity contribution in [2.75, 3.05) is 0 Å². The number of primary sulfonamides is 1. The summed E-state index contributed by atoms with van der Waals surface area (Å²) in [5.74, 6) is -3.65. The molecular weight excluding hydrogens is 333 g/mol. The van der Waals surface area contributed by atoms with Gasteiger partial charge in [0.2, 0.25) is 14.9 Å². The Labute approximate surface area is 112 Å². The van der Waals surface area contributed by atoms with Crippen molar-refractivity contribution in [3.8, 4) is 5.75 Å². The zero-order valence-corrected chi connectivity index (χ0v) is 10.3. The van der Waals surface area contributed by atoms with Gasteiger partial charge in [-0.2, -0.15) is 0 Å². The van der Waals surface area contributed by atoms with E-state index in [2.05, 4.69) is 14.9 Å². The molecule has 0 radical (unpaired) electrons. The van der Waals surface area contributed by atoms with Gasteiger partial charge in [-0.05, 0) is 9.91 Å². The van der Waals surface area contributed by atoms with Crippen molar-refractivity contribution in [3.05, 3.63) is 21.9 Å². The van der Waals surface area contributed by atoms with Crippen LogP contribution in [-0.2, 0) is 10.0 Å². The van der Waals surface area contributed by atoms with Gasteiger partial charge in [-0.1, -0.05) is 0 Å². The molecule has 0 spiro atoms. The van der Waals surface area contributed by atoms with Crippen LogP contribution in [0.2, 0.25) is 0 Å². The summed E-state index contributed by atoms with van der Waals surface area (Å²) in [6.07, 6.45) is -9.23. The largest absolute Gasteiger partial charge is 0.573 e. The Balaban J connectivity index is 3.82. The normalized spacial score (nSPS) is 12.5. The summed E-state index contributed by atoms with van der Waals surface area (Å²) in [4.78, 5) is 9.95. The van der Waals surface area contributed by atoms with Crippen molar-refractivity contribution in [2.45, 2.75) is 17.7 Å². The maximum Gasteiger partial charge on any atom is 0.573 e. The van der Waals surface area contributed by atoms with E-state index < -0.39 is 49.8 Å². The quantitative estimate of drug-likeness (QED) is 0.504. The fourth-order valence-corrected chi connectivity index (χ4v) is 2.04. The Bertz CT molecular complexity index is 674. The van der Waals surface area contributed by atoms with Crippen LogP contribution in [-0.4, -0.2) is 24.7 Å². The minimum absolute atomic E-state index is 0.00144. The second-order valence-electron chi connectivity index (χ2n) is 3.35. The molecule has 0 fully saturated rings. The van der Waals surface area contributed by atoms with Crippen LogP contribution in [0.4, 0.5) is 27.8 Å². The Hall–Kier alpha value is -2.09. The van der Waals surface area contributed by atoms with Crippen LogP contribution < -0.4 is 9.88 Å². The molecule has 21 heavy (non-hydrogen) atoms. The van der Waals surface area contributed by atoms with E-state index in [0.29, 0.717) is 0 Å². The number of nitro groups is 1. The third-order valence-electron chi connectivity index (χ3n) is 1.91. The molecule has 8 nitrogen and oxygen atoms in total. The fraction of sp³-hybridized carbons (Fsp3) is 0.286. The summed E-state index contributed by atoms with van der Waals surface area (Å²) in [7, 11) is -5.20. The van der Waals surface area contributed by atoms with Crippen LogP contribution in [0, 0.1) is 10.1 Å². The number of halogens is 5. The summed E-state index contributed by atoms with van der Waals surface area (Å²) in [6.45, 7) is 0. The predicted molar refractivity (Wildman–Crippen MR) is 53.9 cm³/mol. The van der Waals surface area contributed by atoms with Gasteiger partial charge in [-0.3, -0.25) is 0 Å². The highest BCUT2D eigenvalue weighted by Gasteiger charge is 2.41. The smallest absolute Gasteiger partial charge is 0.403 e. The lowest BCUT2D eigenvalue weighted by molar-refractivity contribution is -0.393. The fourth-order valence-electron chi connectivity index (χ4n) is 1.24. The SMILES string of the molecule is NS(=O)(=O)c1c([N+](=O)[O-])ncc(C(F)F)c1OC(F)(F)F. The number of hydrogen-bond acceptors (Lipinski definition) is 6. The van der Waals surface area contributed by atoms with Crippen molar-refractivity contribution in [1.29, 1.82) is 0 Å². The molecule has 0 aromatic carbocycles. The molecule has 1 heterocycles. The van der Waals surface area contributed by atoms with E-state index in [9.17, 15) is 40.5 Å². The lowest BCUT2D eigenvalue weighted by Gasteiger charge is -2.14. The van der Waals surface area contributed by atoms with Gasteiger partial charge in [0.1, 0.15) is 5.56 Å². The molecule has 0 bridgehead atoms. The minimum Gasteiger partial charge on any atom is -0.403 e. The molecule has 1 rings (SSSR count). The first-order valence-corrected chi connectivity index (χ1v) is 6.13. The molecule has 0 saturated carbocycles. The number of pyridine rings is 1. The van der Waals surface area contributed by atoms with Crippen molar-refractivity contribution in [3.63, 3.8) is 0 Å². The molecule has 118 valence electrons. The standard InChI is InChI=1S/C7H4F5N3O5S/c8-5(9)2-1-14-6(15(16)17)4(21(13,18)19)3(2)20-7(10,11)12/h1,5H,(H2,13,18,19). The van der Waals surface area contributed by atoms with Gasteiger partial charge in [0.25, 0.3) is 6.43 Å². The van der Waals surface area contributed by atoms with E-state index in [-0.39, 0.29) is 6.20 Å². The molecular formula is C7H4F5N3O5S. The van der Waals surface area contributed by atoms with Gasteiger partial charge in [0.05, 0.1) is 0 Å². The molecule has 1 aromatic rings. The van der Waals surface area contributed by atoms with E-state index in [4.69, 9.17) is 0 Å². The topological polar surface area (TPSA) is 125 Å². The predicted octanol–water partition coefficient (Wildman–Crippen LogP) is 1.47. The van der Waals surface area contributed by atoms with Crippen LogP contribution in [0.15, 0.2) is 11.1 Å². The minimum atomic E-state index is -5.59. The van der Waals surface area contributed by atoms with E-state index in [1.54, 1.807) is 0 Å². The molecule has 1 aromatic heterocycles. The van der Waals surface area contributed by atoms with Crippen LogP contribution in [0.25, 0.3) is 0 Å². The van der Waals surface area contributed by atoms with Crippen molar-refractivity contribution in [2.24, 2.45) is 5.14 Å². The number of rotatable bonds is 4. The molecule has 2 N–H and O–H groups in total. The van der Waals surface area contributed by atoms with Crippen molar-refractivity contribution in [1.82, 2.24) is 4.98 Å². The highest BCUT2D eigenvalue weighted by Crippen LogP contribution is 2.40. The number of aromatic nitrogens is 1. The molecule has 0 aliphatic rings. The van der Waals surface area contributed by atoms with E-state index >= 15 is 0 Å². The Morgan fingerprint density at radius 1 is 1.38 bits per heavy atom. The lowest BCUT2D eigenvalue weighted by Crippen LogP contribution is -2.23. The van der Waals surface area contributed by atoms with Gasteiger partial charge >= 0.3 is 12.2 Å². The number of hydrogen-bond donors (Lipinski definition) is 1. The van der Waals surface area contributed by atoms with Gasteiger partial charge < -0.3 is 14.9 Å². The summed E-state index contributed by atoms with van der Waals surface area (Å²) < 4.78 is 87.3. The Morgan fingerprint density at radius 2 is 1.90 bits per heavy atom. The third-order valence-corrected chi connectivity index (χ3v) is 2.84. The average molecular weight is 337 g/mol. The third kappa shape index (κ3) is 3.94. The first-order valence-electron chi connectivity index (χ1n) is 4.58. The van der Waals surface area contributed by atoms with Crippen LogP contribution >= 0.6 is 0 Å². The molecule has 0 aliphatic heterocycles. The van der Waals surface area contributed by atoms with Crippen molar-refractivity contribution < 1.29 is 40.0 Å². The zero-order chi connectivity index (χ0) is 16.6. The highest BCUT2D eigenvalue weighted by atomic mass is 32.2. The summed E-state index contributed by atoms with van der Waals surface area (Å²) in [6, 6.07) is 0. The van der Waals surface area contributed by atoms with E-state index in [1.807, 2.05) is 0 Å². The maximum atomic E-state index is 12.6. The average Bonchev–Trinajstić information content (AvgIpc) is 2.23. The number of ether oxygens (including phenoxy) is 1. The van der Waals surface area contributed by atoms with Gasteiger partial charge in [-0.25, -0.2) is 22.3 Å². The Morgan fingerprint density at radius 3 is 2.24 bits per heavy atom. The maximum absolute atomic E-state index is 12.6. The zero-order valence-electron chi connectivity index (χ0n) is 9.47. The van der Waals surface area contributed by atoms with E-state index in [0.717, 1.165) is 0 Å². The van der Waals surface area contributed by atoms with Crippen LogP contribution in [0.1, 0.15) is 12.0 Å². The van der Waals surface area contributed by atoms with Crippen LogP contribution in [0.3, 0.4) is 0 Å². The number of nitrogens with two attached hydrogens (primary N) is 1. The van der Waals surface area contributed by atoms with Gasteiger partial charge in [0, 0.05) is 0 Å². The number of nitrogens with zero attached hydrogens (tertiary/aromatic N) is 2. The van der Waals surface area contributed by atoms with Crippen molar-refractivity contribution >= 4 is 15.8 Å². The second-order valence-corrected chi connectivity index (χ2v) is 4.84. The summed E-state index contributed by atoms with van der Waals surface area (Å²) in [5, 5.41) is 15.1. The van der Waals surface area contributed by atoms with Gasteiger partial charge in [-0.15, -0.1) is 13.2 Å². The first kappa shape index (κ1) is 17.0. The second kappa shape index (κ2) is 5.36.